The topological polar surface area (TPSA) is 83.1 Å². The lowest BCUT2D eigenvalue weighted by Crippen LogP contribution is -2.20. The number of carbonyl (C=O) groups is 2. The van der Waals surface area contributed by atoms with Gasteiger partial charge in [0, 0.05) is 12.1 Å². The Morgan fingerprint density at radius 1 is 0.963 bits per heavy atom. The summed E-state index contributed by atoms with van der Waals surface area (Å²) >= 11 is 0. The Balaban J connectivity index is 1.87. The molecule has 0 saturated carbocycles. The van der Waals surface area contributed by atoms with Gasteiger partial charge in [-0.05, 0) is 35.9 Å². The molecule has 2 aromatic rings. The number of rotatable bonds is 8. The molecule has 1 N–H and O–H groups in total. The fourth-order valence-corrected chi connectivity index (χ4v) is 2.18. The molecule has 0 spiro atoms. The zero-order valence-electron chi connectivity index (χ0n) is 15.4. The number of anilines is 1. The van der Waals surface area contributed by atoms with E-state index in [1.165, 1.54) is 20.3 Å². The van der Waals surface area contributed by atoms with Crippen LogP contribution in [-0.2, 0) is 14.3 Å². The Kier molecular flexibility index (Phi) is 7.25. The average Bonchev–Trinajstić information content (AvgIpc) is 2.71. The molecule has 0 fully saturated rings. The molecule has 27 heavy (non-hydrogen) atoms. The molecule has 0 unspecified atom stereocenters. The molecule has 0 aliphatic carbocycles. The molecule has 2 rings (SSSR count). The van der Waals surface area contributed by atoms with Gasteiger partial charge in [0.05, 0.1) is 27.0 Å². The van der Waals surface area contributed by atoms with Crippen molar-refractivity contribution in [1.29, 1.82) is 0 Å². The summed E-state index contributed by atoms with van der Waals surface area (Å²) in [5.74, 6) is 0.598. The number of ether oxygens (including phenoxy) is 4. The second-order valence-corrected chi connectivity index (χ2v) is 5.33. The van der Waals surface area contributed by atoms with E-state index in [-0.39, 0.29) is 0 Å². The van der Waals surface area contributed by atoms with Crippen molar-refractivity contribution in [3.63, 3.8) is 0 Å². The predicted octanol–water partition coefficient (Wildman–Crippen LogP) is 2.91. The van der Waals surface area contributed by atoms with Crippen LogP contribution in [0.3, 0.4) is 0 Å². The van der Waals surface area contributed by atoms with Crippen LogP contribution < -0.4 is 19.5 Å². The van der Waals surface area contributed by atoms with E-state index in [1.54, 1.807) is 49.6 Å². The molecule has 0 radical (unpaired) electrons. The quantitative estimate of drug-likeness (QED) is 0.567. The summed E-state index contributed by atoms with van der Waals surface area (Å²) in [6.45, 7) is -0.420. The van der Waals surface area contributed by atoms with Crippen LogP contribution in [0.25, 0.3) is 6.08 Å². The van der Waals surface area contributed by atoms with Gasteiger partial charge in [0.25, 0.3) is 5.91 Å². The Hall–Kier alpha value is -3.48. The lowest BCUT2D eigenvalue weighted by molar-refractivity contribution is -0.142. The number of benzene rings is 2. The Bertz CT molecular complexity index is 831. The van der Waals surface area contributed by atoms with Crippen LogP contribution in [0.4, 0.5) is 5.69 Å². The Labute approximate surface area is 157 Å². The zero-order chi connectivity index (χ0) is 19.6. The van der Waals surface area contributed by atoms with Crippen molar-refractivity contribution in [3.8, 4) is 17.2 Å². The van der Waals surface area contributed by atoms with Crippen LogP contribution in [0.15, 0.2) is 48.5 Å². The molecule has 0 aliphatic heterocycles. The van der Waals surface area contributed by atoms with Crippen LogP contribution in [0.1, 0.15) is 5.56 Å². The van der Waals surface area contributed by atoms with Crippen LogP contribution in [0.2, 0.25) is 0 Å². The maximum absolute atomic E-state index is 12.0. The number of carbonyl (C=O) groups excluding carboxylic acids is 2. The Morgan fingerprint density at radius 2 is 1.70 bits per heavy atom. The monoisotopic (exact) mass is 371 g/mol. The SMILES string of the molecule is COc1cccc(/C=C/C(=O)OCC(=O)Nc2ccc(OC)cc2OC)c1. The molecule has 2 aromatic carbocycles. The first-order chi connectivity index (χ1) is 13.0. The van der Waals surface area contributed by atoms with Crippen LogP contribution in [-0.4, -0.2) is 39.8 Å². The molecule has 0 atom stereocenters. The van der Waals surface area contributed by atoms with E-state index in [4.69, 9.17) is 18.9 Å². The molecule has 0 heterocycles. The summed E-state index contributed by atoms with van der Waals surface area (Å²) in [6, 6.07) is 12.1. The zero-order valence-corrected chi connectivity index (χ0v) is 15.4. The van der Waals surface area contributed by atoms with E-state index in [0.717, 1.165) is 5.56 Å². The molecule has 142 valence electrons. The highest BCUT2D eigenvalue weighted by Crippen LogP contribution is 2.28. The standard InChI is InChI=1S/C20H21NO6/c1-24-15-6-4-5-14(11-15)7-10-20(23)27-13-19(22)21-17-9-8-16(25-2)12-18(17)26-3/h4-12H,13H2,1-3H3,(H,21,22)/b10-7+. The number of nitrogens with one attached hydrogen (secondary N) is 1. The fourth-order valence-electron chi connectivity index (χ4n) is 2.18. The van der Waals surface area contributed by atoms with Gasteiger partial charge < -0.3 is 24.3 Å². The van der Waals surface area contributed by atoms with Crippen molar-refractivity contribution < 1.29 is 28.5 Å². The van der Waals surface area contributed by atoms with Gasteiger partial charge in [-0.1, -0.05) is 12.1 Å². The number of amides is 1. The maximum atomic E-state index is 12.0. The van der Waals surface area contributed by atoms with Crippen molar-refractivity contribution in [2.24, 2.45) is 0 Å². The van der Waals surface area contributed by atoms with Crippen LogP contribution in [0.5, 0.6) is 17.2 Å². The molecular formula is C20H21NO6. The molecule has 0 bridgehead atoms. The maximum Gasteiger partial charge on any atom is 0.331 e. The highest BCUT2D eigenvalue weighted by atomic mass is 16.5. The van der Waals surface area contributed by atoms with E-state index in [9.17, 15) is 9.59 Å². The molecule has 7 heteroatoms. The van der Waals surface area contributed by atoms with Gasteiger partial charge >= 0.3 is 5.97 Å². The van der Waals surface area contributed by atoms with Gasteiger partial charge in [0.2, 0.25) is 0 Å². The largest absolute Gasteiger partial charge is 0.497 e. The van der Waals surface area contributed by atoms with E-state index < -0.39 is 18.5 Å². The highest BCUT2D eigenvalue weighted by molar-refractivity contribution is 5.95. The number of methoxy groups -OCH3 is 3. The van der Waals surface area contributed by atoms with Crippen molar-refractivity contribution in [1.82, 2.24) is 0 Å². The highest BCUT2D eigenvalue weighted by Gasteiger charge is 2.10. The minimum Gasteiger partial charge on any atom is -0.497 e. The van der Waals surface area contributed by atoms with E-state index in [0.29, 0.717) is 22.9 Å². The normalized spacial score (nSPS) is 10.3. The van der Waals surface area contributed by atoms with Crippen molar-refractivity contribution in [3.05, 3.63) is 54.1 Å². The van der Waals surface area contributed by atoms with Gasteiger partial charge in [0.15, 0.2) is 6.61 Å². The average molecular weight is 371 g/mol. The van der Waals surface area contributed by atoms with Crippen LogP contribution >= 0.6 is 0 Å². The van der Waals surface area contributed by atoms with Crippen LogP contribution in [0, 0.1) is 0 Å². The lowest BCUT2D eigenvalue weighted by atomic mass is 10.2. The molecule has 0 saturated heterocycles. The minimum atomic E-state index is -0.630. The van der Waals surface area contributed by atoms with Crippen molar-refractivity contribution >= 4 is 23.6 Å². The third-order valence-electron chi connectivity index (χ3n) is 3.53. The minimum absolute atomic E-state index is 0.420. The summed E-state index contributed by atoms with van der Waals surface area (Å²) in [5, 5.41) is 2.62. The number of hydrogen-bond donors (Lipinski definition) is 1. The molecular weight excluding hydrogens is 350 g/mol. The number of esters is 1. The van der Waals surface area contributed by atoms with Gasteiger partial charge in [-0.3, -0.25) is 4.79 Å². The lowest BCUT2D eigenvalue weighted by Gasteiger charge is -2.11. The first-order valence-electron chi connectivity index (χ1n) is 8.06. The predicted molar refractivity (Wildman–Crippen MR) is 101 cm³/mol. The molecule has 0 aliphatic rings. The second-order valence-electron chi connectivity index (χ2n) is 5.33. The Morgan fingerprint density at radius 3 is 2.41 bits per heavy atom. The van der Waals surface area contributed by atoms with E-state index in [2.05, 4.69) is 5.32 Å². The first-order valence-corrected chi connectivity index (χ1v) is 8.06. The van der Waals surface area contributed by atoms with Crippen molar-refractivity contribution in [2.45, 2.75) is 0 Å². The third-order valence-corrected chi connectivity index (χ3v) is 3.53. The third kappa shape index (κ3) is 6.07. The summed E-state index contributed by atoms with van der Waals surface area (Å²) < 4.78 is 20.3. The van der Waals surface area contributed by atoms with Crippen molar-refractivity contribution in [2.75, 3.05) is 33.3 Å². The van der Waals surface area contributed by atoms with Gasteiger partial charge in [-0.15, -0.1) is 0 Å². The summed E-state index contributed by atoms with van der Waals surface area (Å²) in [4.78, 5) is 23.8. The molecule has 7 nitrogen and oxygen atoms in total. The summed E-state index contributed by atoms with van der Waals surface area (Å²) in [6.07, 6.45) is 2.82. The van der Waals surface area contributed by atoms with E-state index >= 15 is 0 Å². The van der Waals surface area contributed by atoms with Gasteiger partial charge in [-0.2, -0.15) is 0 Å². The molecule has 1 amide bonds. The summed E-state index contributed by atoms with van der Waals surface area (Å²) in [5.41, 5.74) is 1.23. The molecule has 0 aromatic heterocycles. The fraction of sp³-hybridized carbons (Fsp3) is 0.200. The first kappa shape index (κ1) is 19.8. The number of hydrogen-bond acceptors (Lipinski definition) is 6. The van der Waals surface area contributed by atoms with Gasteiger partial charge in [0.1, 0.15) is 17.2 Å². The second kappa shape index (κ2) is 9.86. The summed E-state index contributed by atoms with van der Waals surface area (Å²) in [7, 11) is 4.58. The van der Waals surface area contributed by atoms with Gasteiger partial charge in [-0.25, -0.2) is 4.79 Å². The van der Waals surface area contributed by atoms with E-state index in [1.807, 2.05) is 6.07 Å². The smallest absolute Gasteiger partial charge is 0.331 e.